The van der Waals surface area contributed by atoms with Crippen LogP contribution in [0.15, 0.2) is 40.5 Å². The number of fused-ring (bicyclic) bond motifs is 1. The molecule has 0 saturated carbocycles. The molecule has 1 aromatic heterocycles. The van der Waals surface area contributed by atoms with Crippen molar-refractivity contribution in [3.63, 3.8) is 0 Å². The monoisotopic (exact) mass is 346 g/mol. The molecule has 0 spiro atoms. The minimum absolute atomic E-state index is 0.0246. The topological polar surface area (TPSA) is 96.1 Å². The van der Waals surface area contributed by atoms with Gasteiger partial charge in [0.2, 0.25) is 0 Å². The molecule has 2 N–H and O–H groups in total. The highest BCUT2D eigenvalue weighted by molar-refractivity contribution is 7.94. The molecule has 2 heterocycles. The summed E-state index contributed by atoms with van der Waals surface area (Å²) in [5, 5.41) is 4.40. The van der Waals surface area contributed by atoms with E-state index in [0.29, 0.717) is 5.52 Å². The van der Waals surface area contributed by atoms with Crippen LogP contribution in [-0.2, 0) is 16.3 Å². The molecule has 0 aliphatic carbocycles. The maximum Gasteiger partial charge on any atom is 0.261 e. The zero-order valence-corrected chi connectivity index (χ0v) is 14.0. The van der Waals surface area contributed by atoms with Crippen LogP contribution >= 0.6 is 0 Å². The first-order chi connectivity index (χ1) is 11.4. The predicted molar refractivity (Wildman–Crippen MR) is 92.7 cm³/mol. The molecule has 7 heteroatoms. The lowest BCUT2D eigenvalue weighted by molar-refractivity contribution is 0.0946. The number of H-pyrrole nitrogens is 1. The summed E-state index contributed by atoms with van der Waals surface area (Å²) >= 11 is 0. The van der Waals surface area contributed by atoms with E-state index in [0.717, 1.165) is 29.2 Å². The van der Waals surface area contributed by atoms with Gasteiger partial charge in [-0.15, -0.1) is 0 Å². The third-order valence-corrected chi connectivity index (χ3v) is 5.34. The van der Waals surface area contributed by atoms with E-state index in [9.17, 15) is 18.0 Å². The Labute approximate surface area is 139 Å². The van der Waals surface area contributed by atoms with Gasteiger partial charge in [0.1, 0.15) is 5.56 Å². The van der Waals surface area contributed by atoms with Crippen LogP contribution in [0, 0.1) is 0 Å². The molecule has 6 nitrogen and oxygen atoms in total. The van der Waals surface area contributed by atoms with Crippen LogP contribution in [-0.4, -0.2) is 31.1 Å². The number of aryl methyl sites for hydroxylation is 1. The molecule has 24 heavy (non-hydrogen) atoms. The molecule has 0 radical (unpaired) electrons. The fourth-order valence-electron chi connectivity index (χ4n) is 2.77. The quantitative estimate of drug-likeness (QED) is 0.877. The average Bonchev–Trinajstić information content (AvgIpc) is 2.85. The zero-order valence-electron chi connectivity index (χ0n) is 13.2. The Morgan fingerprint density at radius 1 is 1.33 bits per heavy atom. The van der Waals surface area contributed by atoms with Crippen molar-refractivity contribution in [1.82, 2.24) is 10.3 Å². The van der Waals surface area contributed by atoms with Crippen molar-refractivity contribution < 1.29 is 13.2 Å². The first-order valence-corrected chi connectivity index (χ1v) is 9.47. The van der Waals surface area contributed by atoms with Crippen molar-refractivity contribution in [2.75, 3.05) is 5.75 Å². The third-order valence-electron chi connectivity index (χ3n) is 3.94. The number of hydrogen-bond donors (Lipinski definition) is 2. The van der Waals surface area contributed by atoms with E-state index in [1.807, 2.05) is 18.2 Å². The van der Waals surface area contributed by atoms with Crippen molar-refractivity contribution in [1.29, 1.82) is 0 Å². The van der Waals surface area contributed by atoms with Gasteiger partial charge in [-0.25, -0.2) is 8.42 Å². The molecule has 3 rings (SSSR count). The van der Waals surface area contributed by atoms with Gasteiger partial charge < -0.3 is 10.3 Å². The lowest BCUT2D eigenvalue weighted by Crippen LogP contribution is -2.38. The van der Waals surface area contributed by atoms with E-state index in [1.165, 1.54) is 12.1 Å². The second-order valence-corrected chi connectivity index (χ2v) is 7.85. The summed E-state index contributed by atoms with van der Waals surface area (Å²) < 4.78 is 22.8. The van der Waals surface area contributed by atoms with Crippen LogP contribution in [0.3, 0.4) is 0 Å². The molecule has 1 aromatic carbocycles. The summed E-state index contributed by atoms with van der Waals surface area (Å²) in [4.78, 5) is 27.2. The van der Waals surface area contributed by atoms with Gasteiger partial charge in [-0.05, 0) is 35.6 Å². The Kier molecular flexibility index (Phi) is 4.28. The largest absolute Gasteiger partial charge is 0.345 e. The average molecular weight is 346 g/mol. The van der Waals surface area contributed by atoms with Gasteiger partial charge in [-0.1, -0.05) is 25.5 Å². The summed E-state index contributed by atoms with van der Waals surface area (Å²) in [6, 6.07) is 6.68. The van der Waals surface area contributed by atoms with Crippen molar-refractivity contribution in [3.05, 3.63) is 57.2 Å². The number of aromatic amines is 1. The first kappa shape index (κ1) is 16.4. The number of sulfone groups is 1. The normalized spacial score (nSPS) is 18.8. The molecule has 126 valence electrons. The summed E-state index contributed by atoms with van der Waals surface area (Å²) in [6.45, 7) is 2.08. The van der Waals surface area contributed by atoms with Gasteiger partial charge in [-0.3, -0.25) is 9.59 Å². The fourth-order valence-corrected chi connectivity index (χ4v) is 4.01. The highest BCUT2D eigenvalue weighted by atomic mass is 32.2. The molecule has 2 aromatic rings. The summed E-state index contributed by atoms with van der Waals surface area (Å²) in [6.07, 6.45) is 3.34. The van der Waals surface area contributed by atoms with E-state index in [-0.39, 0.29) is 11.3 Å². The molecule has 0 bridgehead atoms. The van der Waals surface area contributed by atoms with E-state index in [2.05, 4.69) is 17.2 Å². The number of carbonyl (C=O) groups excluding carboxylic acids is 1. The number of aromatic nitrogens is 1. The minimum atomic E-state index is -3.26. The van der Waals surface area contributed by atoms with E-state index >= 15 is 0 Å². The molecule has 1 aliphatic heterocycles. The molecule has 0 saturated heterocycles. The second kappa shape index (κ2) is 6.24. The van der Waals surface area contributed by atoms with Crippen LogP contribution in [0.25, 0.3) is 10.9 Å². The van der Waals surface area contributed by atoms with E-state index in [4.69, 9.17) is 0 Å². The Balaban J connectivity index is 1.88. The molecule has 0 fully saturated rings. The number of benzene rings is 1. The van der Waals surface area contributed by atoms with Crippen molar-refractivity contribution in [3.8, 4) is 0 Å². The standard InChI is InChI=1S/C17H18N2O4S/c1-2-3-11-4-5-12-9-14(17(21)19-15(12)8-11)16(20)18-13-6-7-24(22,23)10-13/h4-9,13H,2-3,10H2,1H3,(H,18,20)(H,19,21). The van der Waals surface area contributed by atoms with Gasteiger partial charge in [0, 0.05) is 10.9 Å². The van der Waals surface area contributed by atoms with Gasteiger partial charge >= 0.3 is 0 Å². The number of hydrogen-bond acceptors (Lipinski definition) is 4. The zero-order chi connectivity index (χ0) is 17.3. The minimum Gasteiger partial charge on any atom is -0.345 e. The molecule has 1 amide bonds. The number of carbonyl (C=O) groups is 1. The van der Waals surface area contributed by atoms with E-state index < -0.39 is 27.3 Å². The molecule has 1 atom stereocenters. The SMILES string of the molecule is CCCc1ccc2cc(C(=O)NC3C=CS(=O)(=O)C3)c(=O)[nH]c2c1. The predicted octanol–water partition coefficient (Wildman–Crippen LogP) is 1.52. The van der Waals surface area contributed by atoms with Gasteiger partial charge in [-0.2, -0.15) is 0 Å². The molecule has 1 unspecified atom stereocenters. The highest BCUT2D eigenvalue weighted by Gasteiger charge is 2.24. The van der Waals surface area contributed by atoms with Crippen LogP contribution in [0.2, 0.25) is 0 Å². The third kappa shape index (κ3) is 3.41. The van der Waals surface area contributed by atoms with Crippen LogP contribution in [0.1, 0.15) is 29.3 Å². The van der Waals surface area contributed by atoms with E-state index in [1.54, 1.807) is 0 Å². The Hall–Kier alpha value is -2.41. The van der Waals surface area contributed by atoms with Crippen LogP contribution in [0.5, 0.6) is 0 Å². The first-order valence-electron chi connectivity index (χ1n) is 7.76. The Bertz CT molecular complexity index is 989. The van der Waals surface area contributed by atoms with Crippen molar-refractivity contribution >= 4 is 26.6 Å². The second-order valence-electron chi connectivity index (χ2n) is 5.92. The number of nitrogens with one attached hydrogen (secondary N) is 2. The highest BCUT2D eigenvalue weighted by Crippen LogP contribution is 2.15. The fraction of sp³-hybridized carbons (Fsp3) is 0.294. The lowest BCUT2D eigenvalue weighted by atomic mass is 10.1. The van der Waals surface area contributed by atoms with Crippen LogP contribution < -0.4 is 10.9 Å². The summed E-state index contributed by atoms with van der Waals surface area (Å²) in [5.41, 5.74) is 1.30. The van der Waals surface area contributed by atoms with Crippen molar-refractivity contribution in [2.24, 2.45) is 0 Å². The smallest absolute Gasteiger partial charge is 0.261 e. The Morgan fingerprint density at radius 3 is 2.79 bits per heavy atom. The van der Waals surface area contributed by atoms with Crippen molar-refractivity contribution in [2.45, 2.75) is 25.8 Å². The molecule has 1 aliphatic rings. The molecular weight excluding hydrogens is 328 g/mol. The number of pyridine rings is 1. The van der Waals surface area contributed by atoms with Gasteiger partial charge in [0.15, 0.2) is 9.84 Å². The van der Waals surface area contributed by atoms with Crippen LogP contribution in [0.4, 0.5) is 0 Å². The van der Waals surface area contributed by atoms with Gasteiger partial charge in [0.25, 0.3) is 11.5 Å². The number of amides is 1. The maximum atomic E-state index is 12.3. The lowest BCUT2D eigenvalue weighted by Gasteiger charge is -2.10. The number of rotatable bonds is 4. The maximum absolute atomic E-state index is 12.3. The molecular formula is C17H18N2O4S. The summed E-state index contributed by atoms with van der Waals surface area (Å²) in [5.74, 6) is -0.757. The Morgan fingerprint density at radius 2 is 2.12 bits per heavy atom. The summed E-state index contributed by atoms with van der Waals surface area (Å²) in [7, 11) is -3.26. The van der Waals surface area contributed by atoms with Gasteiger partial charge in [0.05, 0.1) is 11.8 Å².